The van der Waals surface area contributed by atoms with Crippen LogP contribution in [-0.2, 0) is 0 Å². The lowest BCUT2D eigenvalue weighted by Gasteiger charge is -2.33. The van der Waals surface area contributed by atoms with Crippen molar-refractivity contribution >= 4 is 33.5 Å². The molecule has 0 bridgehead atoms. The molecule has 2 aromatic rings. The second-order valence-corrected chi connectivity index (χ2v) is 5.16. The zero-order valence-corrected chi connectivity index (χ0v) is 11.6. The van der Waals surface area contributed by atoms with E-state index in [-0.39, 0.29) is 0 Å². The Balaban J connectivity index is 1.81. The van der Waals surface area contributed by atoms with Gasteiger partial charge in [0, 0.05) is 32.4 Å². The van der Waals surface area contributed by atoms with Crippen molar-refractivity contribution < 1.29 is 9.90 Å². The number of anilines is 1. The van der Waals surface area contributed by atoms with Gasteiger partial charge in [0.25, 0.3) is 0 Å². The van der Waals surface area contributed by atoms with Gasteiger partial charge in [-0.2, -0.15) is 5.10 Å². The quantitative estimate of drug-likeness (QED) is 0.855. The summed E-state index contributed by atoms with van der Waals surface area (Å²) in [4.78, 5) is 18.9. The largest absolute Gasteiger partial charge is 0.465 e. The summed E-state index contributed by atoms with van der Waals surface area (Å²) in [5.74, 6) is 0.846. The van der Waals surface area contributed by atoms with Crippen molar-refractivity contribution in [1.82, 2.24) is 19.5 Å². The van der Waals surface area contributed by atoms with Gasteiger partial charge in [0.1, 0.15) is 5.82 Å². The van der Waals surface area contributed by atoms with Crippen LogP contribution in [0.4, 0.5) is 10.6 Å². The van der Waals surface area contributed by atoms with E-state index in [9.17, 15) is 4.79 Å². The molecule has 3 rings (SSSR count). The van der Waals surface area contributed by atoms with E-state index in [2.05, 4.69) is 30.9 Å². The summed E-state index contributed by atoms with van der Waals surface area (Å²) in [6, 6.07) is 1.89. The number of fused-ring (bicyclic) bond motifs is 1. The number of aromatic nitrogens is 3. The smallest absolute Gasteiger partial charge is 0.407 e. The maximum Gasteiger partial charge on any atom is 0.407 e. The Kier molecular flexibility index (Phi) is 3.02. The Morgan fingerprint density at radius 3 is 2.74 bits per heavy atom. The Morgan fingerprint density at radius 1 is 1.32 bits per heavy atom. The molecule has 1 fully saturated rings. The fourth-order valence-corrected chi connectivity index (χ4v) is 2.50. The third-order valence-corrected chi connectivity index (χ3v) is 3.74. The van der Waals surface area contributed by atoms with E-state index in [1.165, 1.54) is 4.90 Å². The van der Waals surface area contributed by atoms with Crippen molar-refractivity contribution in [2.24, 2.45) is 0 Å². The summed E-state index contributed by atoms with van der Waals surface area (Å²) >= 11 is 3.40. The highest BCUT2D eigenvalue weighted by molar-refractivity contribution is 9.10. The fourth-order valence-electron chi connectivity index (χ4n) is 2.13. The van der Waals surface area contributed by atoms with Gasteiger partial charge in [0.05, 0.1) is 10.7 Å². The van der Waals surface area contributed by atoms with Gasteiger partial charge in [-0.15, -0.1) is 0 Å². The normalized spacial score (nSPS) is 16.1. The molecule has 0 spiro atoms. The summed E-state index contributed by atoms with van der Waals surface area (Å²) in [6.45, 7) is 2.31. The lowest BCUT2D eigenvalue weighted by Crippen LogP contribution is -2.48. The minimum absolute atomic E-state index is 0.503. The summed E-state index contributed by atoms with van der Waals surface area (Å²) in [5.41, 5.74) is 0.762. The van der Waals surface area contributed by atoms with Crippen LogP contribution in [0.3, 0.4) is 0 Å². The average Bonchev–Trinajstić information content (AvgIpc) is 2.80. The number of hydrogen-bond donors (Lipinski definition) is 1. The van der Waals surface area contributed by atoms with E-state index < -0.39 is 6.09 Å². The van der Waals surface area contributed by atoms with Crippen LogP contribution in [0.15, 0.2) is 22.9 Å². The summed E-state index contributed by atoms with van der Waals surface area (Å²) in [5, 5.41) is 13.1. The van der Waals surface area contributed by atoms with Crippen LogP contribution >= 0.6 is 15.9 Å². The summed E-state index contributed by atoms with van der Waals surface area (Å²) in [7, 11) is 0. The number of hydrogen-bond acceptors (Lipinski definition) is 4. The molecule has 0 saturated carbocycles. The van der Waals surface area contributed by atoms with E-state index in [0.717, 1.165) is 15.9 Å². The van der Waals surface area contributed by atoms with Gasteiger partial charge < -0.3 is 14.9 Å². The highest BCUT2D eigenvalue weighted by Gasteiger charge is 2.21. The Hall–Kier alpha value is -1.83. The fraction of sp³-hybridized carbons (Fsp3) is 0.364. The van der Waals surface area contributed by atoms with Gasteiger partial charge >= 0.3 is 6.09 Å². The number of carbonyl (C=O) groups is 1. The second-order valence-electron chi connectivity index (χ2n) is 4.30. The van der Waals surface area contributed by atoms with Crippen LogP contribution in [0.25, 0.3) is 5.65 Å². The first-order valence-corrected chi connectivity index (χ1v) is 6.67. The standard InChI is InChI=1S/C11H12BrN5O2/c12-8-7-13-17-2-1-9(14-10(8)17)15-3-5-16(6-4-15)11(18)19/h1-2,7H,3-6H2,(H,18,19). The molecule has 3 heterocycles. The molecule has 1 amide bonds. The Labute approximate surface area is 117 Å². The van der Waals surface area contributed by atoms with Crippen LogP contribution in [0.2, 0.25) is 0 Å². The first-order valence-electron chi connectivity index (χ1n) is 5.88. The van der Waals surface area contributed by atoms with Crippen molar-refractivity contribution in [2.45, 2.75) is 0 Å². The molecular formula is C11H12BrN5O2. The molecule has 8 heteroatoms. The van der Waals surface area contributed by atoms with Crippen LogP contribution in [0.1, 0.15) is 0 Å². The molecule has 0 radical (unpaired) electrons. The SMILES string of the molecule is O=C(O)N1CCN(c2ccn3ncc(Br)c3n2)CC1. The van der Waals surface area contributed by atoms with Gasteiger partial charge in [-0.25, -0.2) is 14.3 Å². The van der Waals surface area contributed by atoms with Crippen molar-refractivity contribution in [1.29, 1.82) is 0 Å². The number of carboxylic acid groups (broad SMARTS) is 1. The van der Waals surface area contributed by atoms with E-state index >= 15 is 0 Å². The maximum atomic E-state index is 10.9. The molecule has 0 aliphatic carbocycles. The average molecular weight is 326 g/mol. The van der Waals surface area contributed by atoms with Crippen molar-refractivity contribution in [3.63, 3.8) is 0 Å². The molecule has 19 heavy (non-hydrogen) atoms. The number of halogens is 1. The van der Waals surface area contributed by atoms with E-state index in [0.29, 0.717) is 26.2 Å². The zero-order valence-electron chi connectivity index (χ0n) is 10.0. The Morgan fingerprint density at radius 2 is 2.05 bits per heavy atom. The first-order chi connectivity index (χ1) is 9.15. The number of piperazine rings is 1. The van der Waals surface area contributed by atoms with E-state index in [1.54, 1.807) is 10.7 Å². The molecule has 0 atom stereocenters. The first kappa shape index (κ1) is 12.2. The highest BCUT2D eigenvalue weighted by atomic mass is 79.9. The van der Waals surface area contributed by atoms with Crippen molar-refractivity contribution in [2.75, 3.05) is 31.1 Å². The lowest BCUT2D eigenvalue weighted by atomic mass is 10.3. The van der Waals surface area contributed by atoms with E-state index in [1.807, 2.05) is 12.3 Å². The molecule has 0 unspecified atom stereocenters. The minimum atomic E-state index is -0.860. The number of amides is 1. The van der Waals surface area contributed by atoms with Crippen LogP contribution < -0.4 is 4.90 Å². The molecule has 0 aromatic carbocycles. The molecule has 2 aromatic heterocycles. The second kappa shape index (κ2) is 4.69. The molecule has 1 N–H and O–H groups in total. The molecular weight excluding hydrogens is 314 g/mol. The predicted molar refractivity (Wildman–Crippen MR) is 72.5 cm³/mol. The molecule has 7 nitrogen and oxygen atoms in total. The highest BCUT2D eigenvalue weighted by Crippen LogP contribution is 2.19. The molecule has 1 aliphatic heterocycles. The van der Waals surface area contributed by atoms with Gasteiger partial charge in [0.2, 0.25) is 0 Å². The van der Waals surface area contributed by atoms with Gasteiger partial charge in [-0.1, -0.05) is 0 Å². The van der Waals surface area contributed by atoms with Crippen LogP contribution in [0.5, 0.6) is 0 Å². The van der Waals surface area contributed by atoms with Gasteiger partial charge in [-0.3, -0.25) is 0 Å². The monoisotopic (exact) mass is 325 g/mol. The van der Waals surface area contributed by atoms with Crippen molar-refractivity contribution in [3.05, 3.63) is 22.9 Å². The third-order valence-electron chi connectivity index (χ3n) is 3.19. The van der Waals surface area contributed by atoms with E-state index in [4.69, 9.17) is 5.11 Å². The topological polar surface area (TPSA) is 74.0 Å². The van der Waals surface area contributed by atoms with Crippen LogP contribution in [0, 0.1) is 0 Å². The number of rotatable bonds is 1. The number of nitrogens with zero attached hydrogens (tertiary/aromatic N) is 5. The summed E-state index contributed by atoms with van der Waals surface area (Å²) in [6.07, 6.45) is 2.70. The van der Waals surface area contributed by atoms with Gasteiger partial charge in [-0.05, 0) is 22.0 Å². The minimum Gasteiger partial charge on any atom is -0.465 e. The maximum absolute atomic E-state index is 10.9. The van der Waals surface area contributed by atoms with Crippen molar-refractivity contribution in [3.8, 4) is 0 Å². The lowest BCUT2D eigenvalue weighted by molar-refractivity contribution is 0.142. The van der Waals surface area contributed by atoms with Gasteiger partial charge in [0.15, 0.2) is 5.65 Å². The zero-order chi connectivity index (χ0) is 13.4. The molecule has 100 valence electrons. The summed E-state index contributed by atoms with van der Waals surface area (Å²) < 4.78 is 2.54. The van der Waals surface area contributed by atoms with Crippen LogP contribution in [-0.4, -0.2) is 56.9 Å². The third kappa shape index (κ3) is 2.23. The predicted octanol–water partition coefficient (Wildman–Crippen LogP) is 1.29. The molecule has 1 aliphatic rings. The molecule has 1 saturated heterocycles. The Bertz CT molecular complexity index is 621.